The van der Waals surface area contributed by atoms with E-state index in [-0.39, 0.29) is 19.2 Å². The topological polar surface area (TPSA) is 125 Å². The molecule has 3 aliphatic heterocycles. The van der Waals surface area contributed by atoms with Crippen LogP contribution in [0.4, 0.5) is 15.3 Å². The molecule has 3 aliphatic rings. The van der Waals surface area contributed by atoms with Crippen LogP contribution in [0.25, 0.3) is 0 Å². The number of amides is 4. The van der Waals surface area contributed by atoms with Crippen LogP contribution in [0.15, 0.2) is 35.9 Å². The van der Waals surface area contributed by atoms with Gasteiger partial charge < -0.3 is 10.1 Å². The van der Waals surface area contributed by atoms with Crippen LogP contribution in [-0.2, 0) is 19.6 Å². The Morgan fingerprint density at radius 3 is 2.62 bits per heavy atom. The Bertz CT molecular complexity index is 1180. The van der Waals surface area contributed by atoms with Gasteiger partial charge in [0, 0.05) is 29.9 Å². The molecule has 32 heavy (non-hydrogen) atoms. The van der Waals surface area contributed by atoms with E-state index in [1.54, 1.807) is 17.0 Å². The van der Waals surface area contributed by atoms with Gasteiger partial charge in [0.1, 0.15) is 12.1 Å². The first-order valence-corrected chi connectivity index (χ1v) is 11.6. The quantitative estimate of drug-likeness (QED) is 0.502. The number of hydrogen-bond donors (Lipinski definition) is 2. The molecule has 4 amide bonds. The minimum absolute atomic E-state index is 0.137. The molecular weight excluding hydrogens is 436 g/mol. The third-order valence-corrected chi connectivity index (χ3v) is 7.50. The molecule has 0 saturated carbocycles. The summed E-state index contributed by atoms with van der Waals surface area (Å²) in [7, 11) is -3.78. The minimum atomic E-state index is -3.78. The minimum Gasteiger partial charge on any atom is -0.447 e. The third kappa shape index (κ3) is 4.46. The highest BCUT2D eigenvalue weighted by atomic mass is 32.2. The van der Waals surface area contributed by atoms with Crippen LogP contribution in [0.3, 0.4) is 0 Å². The molecular formula is C21H22N4O6S. The maximum absolute atomic E-state index is 12.8. The third-order valence-electron chi connectivity index (χ3n) is 5.44. The summed E-state index contributed by atoms with van der Waals surface area (Å²) in [6.45, 7) is 2.61. The van der Waals surface area contributed by atoms with Crippen LogP contribution in [0.2, 0.25) is 0 Å². The summed E-state index contributed by atoms with van der Waals surface area (Å²) in [6, 6.07) is 6.57. The molecule has 11 heteroatoms. The number of nitrogens with one attached hydrogen (secondary N) is 2. The van der Waals surface area contributed by atoms with Gasteiger partial charge in [-0.2, -0.15) is 4.31 Å². The van der Waals surface area contributed by atoms with Crippen molar-refractivity contribution >= 4 is 33.7 Å². The number of imide groups is 1. The molecule has 3 heterocycles. The van der Waals surface area contributed by atoms with Crippen molar-refractivity contribution in [2.45, 2.75) is 18.9 Å². The highest BCUT2D eigenvalue weighted by molar-refractivity contribution is 7.89. The van der Waals surface area contributed by atoms with E-state index >= 15 is 0 Å². The van der Waals surface area contributed by atoms with Gasteiger partial charge in [0.2, 0.25) is 10.0 Å². The van der Waals surface area contributed by atoms with Crippen molar-refractivity contribution < 1.29 is 27.5 Å². The number of carbonyl (C=O) groups excluding carboxylic acids is 3. The smallest absolute Gasteiger partial charge is 0.414 e. The summed E-state index contributed by atoms with van der Waals surface area (Å²) in [6.07, 6.45) is 1.79. The van der Waals surface area contributed by atoms with E-state index in [0.717, 1.165) is 11.1 Å². The molecule has 168 valence electrons. The first-order valence-electron chi connectivity index (χ1n) is 10.0. The van der Waals surface area contributed by atoms with E-state index in [2.05, 4.69) is 22.5 Å². The number of rotatable bonds is 4. The van der Waals surface area contributed by atoms with Crippen molar-refractivity contribution in [3.63, 3.8) is 0 Å². The van der Waals surface area contributed by atoms with Gasteiger partial charge in [-0.05, 0) is 31.5 Å². The Hall–Kier alpha value is -3.36. The van der Waals surface area contributed by atoms with Gasteiger partial charge in [0.05, 0.1) is 12.3 Å². The molecule has 2 fully saturated rings. The molecule has 1 aromatic rings. The molecule has 4 rings (SSSR count). The molecule has 2 saturated heterocycles. The SMILES string of the molecule is C[C@]1(CS(=O)(=O)N2CC=C(C#Cc3cccc(N4CCOC4=O)c3)CC2)NC(=O)NC1=O. The Morgan fingerprint density at radius 2 is 2.00 bits per heavy atom. The standard InChI is InChI=1S/C21H22N4O6S/c1-21(18(26)22-19(27)23-21)14-32(29,30)24-9-7-15(8-10-24)5-6-16-3-2-4-17(13-16)25-11-12-31-20(25)28/h2-4,7,13H,8-12,14H2,1H3,(H2,22,23,26,27)/t21-/m1/s1. The lowest BCUT2D eigenvalue weighted by molar-refractivity contribution is -0.122. The van der Waals surface area contributed by atoms with Crippen molar-refractivity contribution in [1.82, 2.24) is 14.9 Å². The average molecular weight is 458 g/mol. The average Bonchev–Trinajstić information content (AvgIpc) is 3.28. The summed E-state index contributed by atoms with van der Waals surface area (Å²) < 4.78 is 31.8. The van der Waals surface area contributed by atoms with E-state index in [1.807, 2.05) is 18.2 Å². The second-order valence-corrected chi connectivity index (χ2v) is 9.87. The summed E-state index contributed by atoms with van der Waals surface area (Å²) >= 11 is 0. The van der Waals surface area contributed by atoms with Crippen LogP contribution in [0.5, 0.6) is 0 Å². The number of urea groups is 1. The second kappa shape index (κ2) is 8.29. The summed E-state index contributed by atoms with van der Waals surface area (Å²) in [5.41, 5.74) is 0.757. The number of ether oxygens (including phenoxy) is 1. The zero-order valence-electron chi connectivity index (χ0n) is 17.4. The molecule has 0 bridgehead atoms. The lowest BCUT2D eigenvalue weighted by Crippen LogP contribution is -2.52. The largest absolute Gasteiger partial charge is 0.447 e. The monoisotopic (exact) mass is 458 g/mol. The number of sulfonamides is 1. The molecule has 1 aromatic carbocycles. The Morgan fingerprint density at radius 1 is 1.19 bits per heavy atom. The molecule has 10 nitrogen and oxygen atoms in total. The highest BCUT2D eigenvalue weighted by Gasteiger charge is 2.46. The van der Waals surface area contributed by atoms with Crippen molar-refractivity contribution in [2.24, 2.45) is 0 Å². The first kappa shape index (κ1) is 21.9. The number of carbonyl (C=O) groups is 3. The fraction of sp³-hybridized carbons (Fsp3) is 0.381. The fourth-order valence-corrected chi connectivity index (χ4v) is 5.47. The van der Waals surface area contributed by atoms with E-state index in [9.17, 15) is 22.8 Å². The molecule has 0 unspecified atom stereocenters. The van der Waals surface area contributed by atoms with E-state index in [0.29, 0.717) is 25.3 Å². The Labute approximate surface area is 185 Å². The molecule has 1 atom stereocenters. The maximum atomic E-state index is 12.8. The van der Waals surface area contributed by atoms with Gasteiger partial charge in [-0.3, -0.25) is 15.0 Å². The van der Waals surface area contributed by atoms with Gasteiger partial charge in [-0.15, -0.1) is 0 Å². The van der Waals surface area contributed by atoms with Crippen LogP contribution < -0.4 is 15.5 Å². The van der Waals surface area contributed by atoms with Gasteiger partial charge in [-0.25, -0.2) is 18.0 Å². The highest BCUT2D eigenvalue weighted by Crippen LogP contribution is 2.21. The van der Waals surface area contributed by atoms with Gasteiger partial charge >= 0.3 is 12.1 Å². The summed E-state index contributed by atoms with van der Waals surface area (Å²) in [4.78, 5) is 36.6. The summed E-state index contributed by atoms with van der Waals surface area (Å²) in [5.74, 6) is 4.95. The molecule has 2 N–H and O–H groups in total. The van der Waals surface area contributed by atoms with Crippen molar-refractivity contribution in [1.29, 1.82) is 0 Å². The predicted molar refractivity (Wildman–Crippen MR) is 115 cm³/mol. The molecule has 0 spiro atoms. The predicted octanol–water partition coefficient (Wildman–Crippen LogP) is 0.555. The van der Waals surface area contributed by atoms with Crippen LogP contribution in [-0.4, -0.2) is 68.3 Å². The van der Waals surface area contributed by atoms with Crippen molar-refractivity contribution in [2.75, 3.05) is 36.9 Å². The number of hydrogen-bond acceptors (Lipinski definition) is 6. The number of anilines is 1. The summed E-state index contributed by atoms with van der Waals surface area (Å²) in [5, 5.41) is 4.44. The van der Waals surface area contributed by atoms with Gasteiger partial charge in [0.25, 0.3) is 5.91 Å². The van der Waals surface area contributed by atoms with Gasteiger partial charge in [-0.1, -0.05) is 24.0 Å². The van der Waals surface area contributed by atoms with E-state index < -0.39 is 33.3 Å². The van der Waals surface area contributed by atoms with Crippen LogP contribution >= 0.6 is 0 Å². The lowest BCUT2D eigenvalue weighted by Gasteiger charge is -2.28. The van der Waals surface area contributed by atoms with E-state index in [1.165, 1.54) is 11.2 Å². The van der Waals surface area contributed by atoms with Crippen molar-refractivity contribution in [3.05, 3.63) is 41.5 Å². The van der Waals surface area contributed by atoms with Crippen molar-refractivity contribution in [3.8, 4) is 11.8 Å². The molecule has 0 aromatic heterocycles. The first-order chi connectivity index (χ1) is 15.2. The normalized spacial score (nSPS) is 23.7. The maximum Gasteiger partial charge on any atom is 0.414 e. The number of nitrogens with zero attached hydrogens (tertiary/aromatic N) is 2. The van der Waals surface area contributed by atoms with Crippen LogP contribution in [0, 0.1) is 11.8 Å². The molecule has 0 radical (unpaired) electrons. The van der Waals surface area contributed by atoms with E-state index in [4.69, 9.17) is 4.74 Å². The Balaban J connectivity index is 1.41. The fourth-order valence-electron chi connectivity index (χ4n) is 3.69. The van der Waals surface area contributed by atoms with Crippen LogP contribution in [0.1, 0.15) is 18.9 Å². The van der Waals surface area contributed by atoms with Gasteiger partial charge in [0.15, 0.2) is 0 Å². The Kier molecular flexibility index (Phi) is 5.66. The lowest BCUT2D eigenvalue weighted by atomic mass is 10.1. The second-order valence-electron chi connectivity index (χ2n) is 7.90. The molecule has 0 aliphatic carbocycles. The zero-order chi connectivity index (χ0) is 22.9. The number of benzene rings is 1. The zero-order valence-corrected chi connectivity index (χ0v) is 18.2. The number of cyclic esters (lactones) is 1.